The highest BCUT2D eigenvalue weighted by atomic mass is 16.2. The fourth-order valence-corrected chi connectivity index (χ4v) is 4.12. The molecular weight excluding hydrogens is 376 g/mol. The van der Waals surface area contributed by atoms with E-state index in [1.54, 1.807) is 0 Å². The summed E-state index contributed by atoms with van der Waals surface area (Å²) in [6.07, 6.45) is 2.44. The van der Waals surface area contributed by atoms with Crippen molar-refractivity contribution in [2.24, 2.45) is 5.92 Å². The molecule has 2 aliphatic rings. The van der Waals surface area contributed by atoms with Crippen LogP contribution < -0.4 is 14.7 Å². The number of amides is 1. The number of hydrogen-bond donors (Lipinski definition) is 0. The van der Waals surface area contributed by atoms with Gasteiger partial charge in [0.05, 0.1) is 0 Å². The smallest absolute Gasteiger partial charge is 0.253 e. The normalized spacial score (nSPS) is 17.9. The number of nitrogens with zero attached hydrogens (tertiary/aromatic N) is 6. The lowest BCUT2D eigenvalue weighted by atomic mass is 9.99. The third-order valence-corrected chi connectivity index (χ3v) is 6.27. The fraction of sp³-hybridized carbons (Fsp3) is 0.522. The molecule has 2 fully saturated rings. The fourth-order valence-electron chi connectivity index (χ4n) is 4.12. The molecule has 0 bridgehead atoms. The predicted octanol–water partition coefficient (Wildman–Crippen LogP) is 2.74. The van der Waals surface area contributed by atoms with Gasteiger partial charge in [-0.2, -0.15) is 0 Å². The number of rotatable bonds is 4. The van der Waals surface area contributed by atoms with Crippen LogP contribution in [0.1, 0.15) is 30.1 Å². The molecule has 2 aliphatic heterocycles. The van der Waals surface area contributed by atoms with Crippen molar-refractivity contribution in [3.8, 4) is 0 Å². The molecule has 0 aliphatic carbocycles. The standard InChI is InChI=1S/C23H32N6O/c1-18-10-12-27(13-11-18)21-8-9-22(25-24-21)28-14-16-29(17-15-28)23(30)19-4-6-20(7-5-19)26(2)3/h4-9,18H,10-17H2,1-3H3. The van der Waals surface area contributed by atoms with E-state index in [9.17, 15) is 4.79 Å². The summed E-state index contributed by atoms with van der Waals surface area (Å²) in [5, 5.41) is 8.95. The maximum atomic E-state index is 12.8. The van der Waals surface area contributed by atoms with Crippen molar-refractivity contribution < 1.29 is 4.79 Å². The number of anilines is 3. The van der Waals surface area contributed by atoms with Crippen LogP contribution in [-0.4, -0.2) is 74.4 Å². The van der Waals surface area contributed by atoms with Gasteiger partial charge in [-0.1, -0.05) is 6.92 Å². The zero-order chi connectivity index (χ0) is 21.1. The molecule has 1 aromatic carbocycles. The molecule has 0 saturated carbocycles. The van der Waals surface area contributed by atoms with Gasteiger partial charge in [0.1, 0.15) is 0 Å². The van der Waals surface area contributed by atoms with Crippen molar-refractivity contribution in [3.63, 3.8) is 0 Å². The highest BCUT2D eigenvalue weighted by molar-refractivity contribution is 5.94. The van der Waals surface area contributed by atoms with Crippen LogP contribution in [0.15, 0.2) is 36.4 Å². The SMILES string of the molecule is CC1CCN(c2ccc(N3CCN(C(=O)c4ccc(N(C)C)cc4)CC3)nn2)CC1. The Kier molecular flexibility index (Phi) is 6.06. The Hall–Kier alpha value is -2.83. The highest BCUT2D eigenvalue weighted by Gasteiger charge is 2.24. The van der Waals surface area contributed by atoms with Gasteiger partial charge in [0.15, 0.2) is 11.6 Å². The second-order valence-electron chi connectivity index (χ2n) is 8.64. The van der Waals surface area contributed by atoms with E-state index < -0.39 is 0 Å². The molecular formula is C23H32N6O. The molecule has 160 valence electrons. The van der Waals surface area contributed by atoms with E-state index >= 15 is 0 Å². The van der Waals surface area contributed by atoms with Gasteiger partial charge in [-0.05, 0) is 55.2 Å². The minimum atomic E-state index is 0.0979. The molecule has 30 heavy (non-hydrogen) atoms. The lowest BCUT2D eigenvalue weighted by Crippen LogP contribution is -2.49. The third-order valence-electron chi connectivity index (χ3n) is 6.27. The summed E-state index contributed by atoms with van der Waals surface area (Å²) in [4.78, 5) is 21.3. The molecule has 0 radical (unpaired) electrons. The van der Waals surface area contributed by atoms with Gasteiger partial charge < -0.3 is 19.6 Å². The largest absolute Gasteiger partial charge is 0.378 e. The molecule has 0 spiro atoms. The molecule has 2 saturated heterocycles. The molecule has 0 N–H and O–H groups in total. The van der Waals surface area contributed by atoms with Crippen LogP contribution in [0.2, 0.25) is 0 Å². The molecule has 1 amide bonds. The summed E-state index contributed by atoms with van der Waals surface area (Å²) in [6, 6.07) is 12.0. The zero-order valence-corrected chi connectivity index (χ0v) is 18.3. The number of benzene rings is 1. The van der Waals surface area contributed by atoms with Crippen molar-refractivity contribution in [2.45, 2.75) is 19.8 Å². The summed E-state index contributed by atoms with van der Waals surface area (Å²) in [6.45, 7) is 7.38. The van der Waals surface area contributed by atoms with Gasteiger partial charge in [0.2, 0.25) is 0 Å². The van der Waals surface area contributed by atoms with E-state index in [2.05, 4.69) is 39.1 Å². The Morgan fingerprint density at radius 3 is 1.87 bits per heavy atom. The van der Waals surface area contributed by atoms with Crippen molar-refractivity contribution in [2.75, 3.05) is 68.1 Å². The van der Waals surface area contributed by atoms with Gasteiger partial charge in [-0.3, -0.25) is 4.79 Å². The second kappa shape index (κ2) is 8.90. The lowest BCUT2D eigenvalue weighted by molar-refractivity contribution is 0.0746. The Morgan fingerprint density at radius 2 is 1.37 bits per heavy atom. The summed E-state index contributed by atoms with van der Waals surface area (Å²) in [5.41, 5.74) is 1.84. The number of aromatic nitrogens is 2. The monoisotopic (exact) mass is 408 g/mol. The molecule has 1 aromatic heterocycles. The molecule has 0 unspecified atom stereocenters. The zero-order valence-electron chi connectivity index (χ0n) is 18.3. The predicted molar refractivity (Wildman–Crippen MR) is 122 cm³/mol. The first-order valence-corrected chi connectivity index (χ1v) is 10.9. The number of piperidine rings is 1. The molecule has 7 heteroatoms. The molecule has 7 nitrogen and oxygen atoms in total. The third kappa shape index (κ3) is 4.50. The van der Waals surface area contributed by atoms with E-state index in [0.29, 0.717) is 13.1 Å². The Morgan fingerprint density at radius 1 is 0.833 bits per heavy atom. The lowest BCUT2D eigenvalue weighted by Gasteiger charge is -2.35. The van der Waals surface area contributed by atoms with E-state index in [1.807, 2.05) is 48.2 Å². The van der Waals surface area contributed by atoms with Gasteiger partial charge >= 0.3 is 0 Å². The first-order chi connectivity index (χ1) is 14.5. The van der Waals surface area contributed by atoms with Crippen LogP contribution in [0.5, 0.6) is 0 Å². The van der Waals surface area contributed by atoms with Crippen LogP contribution >= 0.6 is 0 Å². The van der Waals surface area contributed by atoms with Crippen LogP contribution in [0.25, 0.3) is 0 Å². The molecule has 3 heterocycles. The van der Waals surface area contributed by atoms with Gasteiger partial charge in [0, 0.05) is 64.6 Å². The van der Waals surface area contributed by atoms with Crippen molar-refractivity contribution in [3.05, 3.63) is 42.0 Å². The number of piperazine rings is 1. The number of carbonyl (C=O) groups excluding carboxylic acids is 1. The second-order valence-corrected chi connectivity index (χ2v) is 8.64. The molecule has 2 aromatic rings. The van der Waals surface area contributed by atoms with E-state index in [4.69, 9.17) is 0 Å². The number of carbonyl (C=O) groups is 1. The summed E-state index contributed by atoms with van der Waals surface area (Å²) < 4.78 is 0. The van der Waals surface area contributed by atoms with Crippen LogP contribution in [0, 0.1) is 5.92 Å². The quantitative estimate of drug-likeness (QED) is 0.775. The minimum Gasteiger partial charge on any atom is -0.378 e. The molecule has 0 atom stereocenters. The van der Waals surface area contributed by atoms with Crippen molar-refractivity contribution in [1.82, 2.24) is 15.1 Å². The maximum absolute atomic E-state index is 12.8. The Bertz CT molecular complexity index is 835. The Labute approximate surface area is 179 Å². The average Bonchev–Trinajstić information content (AvgIpc) is 2.79. The van der Waals surface area contributed by atoms with Crippen molar-refractivity contribution in [1.29, 1.82) is 0 Å². The minimum absolute atomic E-state index is 0.0979. The summed E-state index contributed by atoms with van der Waals surface area (Å²) in [5.74, 6) is 2.77. The average molecular weight is 409 g/mol. The maximum Gasteiger partial charge on any atom is 0.253 e. The first kappa shape index (κ1) is 20.4. The van der Waals surface area contributed by atoms with Crippen LogP contribution in [0.3, 0.4) is 0 Å². The number of hydrogen-bond acceptors (Lipinski definition) is 6. The molecule has 4 rings (SSSR count). The van der Waals surface area contributed by atoms with E-state index in [1.165, 1.54) is 12.8 Å². The van der Waals surface area contributed by atoms with Crippen molar-refractivity contribution >= 4 is 23.2 Å². The summed E-state index contributed by atoms with van der Waals surface area (Å²) in [7, 11) is 4.00. The van der Waals surface area contributed by atoms with Gasteiger partial charge in [0.25, 0.3) is 5.91 Å². The van der Waals surface area contributed by atoms with Crippen LogP contribution in [0.4, 0.5) is 17.3 Å². The first-order valence-electron chi connectivity index (χ1n) is 10.9. The van der Waals surface area contributed by atoms with Crippen LogP contribution in [-0.2, 0) is 0 Å². The summed E-state index contributed by atoms with van der Waals surface area (Å²) >= 11 is 0. The van der Waals surface area contributed by atoms with E-state index in [0.717, 1.165) is 55.0 Å². The highest BCUT2D eigenvalue weighted by Crippen LogP contribution is 2.23. The van der Waals surface area contributed by atoms with Gasteiger partial charge in [-0.15, -0.1) is 10.2 Å². The van der Waals surface area contributed by atoms with Gasteiger partial charge in [-0.25, -0.2) is 0 Å². The topological polar surface area (TPSA) is 55.8 Å². The Balaban J connectivity index is 1.32. The van der Waals surface area contributed by atoms with E-state index in [-0.39, 0.29) is 5.91 Å².